The van der Waals surface area contributed by atoms with Crippen molar-refractivity contribution in [3.8, 4) is 5.75 Å². The normalized spacial score (nSPS) is 16.0. The zero-order valence-electron chi connectivity index (χ0n) is 14.9. The number of rotatable bonds is 6. The number of hydrogen-bond donors (Lipinski definition) is 2. The average molecular weight is 395 g/mol. The summed E-state index contributed by atoms with van der Waals surface area (Å²) in [6.07, 6.45) is 0. The van der Waals surface area contributed by atoms with Crippen molar-refractivity contribution < 1.29 is 9.53 Å². The van der Waals surface area contributed by atoms with Crippen LogP contribution in [-0.2, 0) is 4.79 Å². The van der Waals surface area contributed by atoms with Gasteiger partial charge in [0.2, 0.25) is 5.91 Å². The number of amides is 1. The molecule has 2 N–H and O–H groups in total. The van der Waals surface area contributed by atoms with Gasteiger partial charge < -0.3 is 15.4 Å². The Morgan fingerprint density at radius 2 is 1.77 bits per heavy atom. The minimum absolute atomic E-state index is 0. The van der Waals surface area contributed by atoms with Gasteiger partial charge in [0.05, 0.1) is 13.2 Å². The third-order valence-electron chi connectivity index (χ3n) is 4.89. The van der Waals surface area contributed by atoms with E-state index in [4.69, 9.17) is 16.3 Å². The maximum absolute atomic E-state index is 12.8. The van der Waals surface area contributed by atoms with Crippen molar-refractivity contribution in [1.82, 2.24) is 10.6 Å². The standard InChI is InChI=1S/C20H23ClN2O2.ClH/c1-13(14-11-22-12-14)20(24)23-19(15-7-3-5-9-17(15)21)16-8-4-6-10-18(16)25-2;/h3-10,13-14,19,22H,11-12H2,1-2H3,(H,23,24);1H. The van der Waals surface area contributed by atoms with Gasteiger partial charge >= 0.3 is 0 Å². The van der Waals surface area contributed by atoms with Gasteiger partial charge in [0, 0.05) is 16.5 Å². The van der Waals surface area contributed by atoms with E-state index in [1.165, 1.54) is 0 Å². The first-order valence-corrected chi connectivity index (χ1v) is 8.88. The quantitative estimate of drug-likeness (QED) is 0.782. The molecule has 4 nitrogen and oxygen atoms in total. The molecule has 26 heavy (non-hydrogen) atoms. The molecule has 0 saturated carbocycles. The molecule has 3 rings (SSSR count). The van der Waals surface area contributed by atoms with E-state index in [1.54, 1.807) is 7.11 Å². The van der Waals surface area contributed by atoms with Crippen molar-refractivity contribution in [2.75, 3.05) is 20.2 Å². The molecule has 1 fully saturated rings. The van der Waals surface area contributed by atoms with Gasteiger partial charge in [0.25, 0.3) is 0 Å². The van der Waals surface area contributed by atoms with Gasteiger partial charge in [0.15, 0.2) is 0 Å². The number of carbonyl (C=O) groups is 1. The lowest BCUT2D eigenvalue weighted by molar-refractivity contribution is -0.127. The molecule has 0 bridgehead atoms. The molecular weight excluding hydrogens is 371 g/mol. The topological polar surface area (TPSA) is 50.4 Å². The van der Waals surface area contributed by atoms with Gasteiger partial charge in [-0.3, -0.25) is 4.79 Å². The van der Waals surface area contributed by atoms with Crippen LogP contribution >= 0.6 is 24.0 Å². The molecule has 0 radical (unpaired) electrons. The Morgan fingerprint density at radius 3 is 2.35 bits per heavy atom. The molecule has 6 heteroatoms. The highest BCUT2D eigenvalue weighted by Gasteiger charge is 2.31. The molecular formula is C20H24Cl2N2O2. The Kier molecular flexibility index (Phi) is 7.33. The highest BCUT2D eigenvalue weighted by atomic mass is 35.5. The minimum Gasteiger partial charge on any atom is -0.496 e. The summed E-state index contributed by atoms with van der Waals surface area (Å²) in [6.45, 7) is 3.76. The molecule has 0 aromatic heterocycles. The maximum atomic E-state index is 12.8. The second kappa shape index (κ2) is 9.26. The van der Waals surface area contributed by atoms with Crippen LogP contribution in [0.1, 0.15) is 24.1 Å². The number of benzene rings is 2. The molecule has 1 aliphatic heterocycles. The average Bonchev–Trinajstić information content (AvgIpc) is 2.58. The van der Waals surface area contributed by atoms with Gasteiger partial charge in [-0.1, -0.05) is 54.9 Å². The van der Waals surface area contributed by atoms with E-state index in [1.807, 2.05) is 55.5 Å². The van der Waals surface area contributed by atoms with E-state index < -0.39 is 0 Å². The lowest BCUT2D eigenvalue weighted by atomic mass is 9.87. The van der Waals surface area contributed by atoms with Crippen molar-refractivity contribution in [3.63, 3.8) is 0 Å². The fourth-order valence-electron chi connectivity index (χ4n) is 3.09. The van der Waals surface area contributed by atoms with Crippen LogP contribution in [0, 0.1) is 11.8 Å². The van der Waals surface area contributed by atoms with Crippen LogP contribution in [0.3, 0.4) is 0 Å². The molecule has 2 aromatic carbocycles. The second-order valence-electron chi connectivity index (χ2n) is 6.41. The zero-order chi connectivity index (χ0) is 17.8. The van der Waals surface area contributed by atoms with Crippen LogP contribution in [0.2, 0.25) is 5.02 Å². The molecule has 2 unspecified atom stereocenters. The van der Waals surface area contributed by atoms with Gasteiger partial charge in [-0.05, 0) is 36.7 Å². The highest BCUT2D eigenvalue weighted by Crippen LogP contribution is 2.34. The Labute approximate surface area is 165 Å². The lowest BCUT2D eigenvalue weighted by Crippen LogP contribution is -2.50. The van der Waals surface area contributed by atoms with E-state index in [0.717, 1.165) is 30.0 Å². The van der Waals surface area contributed by atoms with Crippen LogP contribution in [0.25, 0.3) is 0 Å². The van der Waals surface area contributed by atoms with Crippen LogP contribution in [0.5, 0.6) is 5.75 Å². The second-order valence-corrected chi connectivity index (χ2v) is 6.82. The summed E-state index contributed by atoms with van der Waals surface area (Å²) >= 11 is 6.43. The SMILES string of the molecule is COc1ccccc1C(NC(=O)C(C)C1CNC1)c1ccccc1Cl.Cl. The number of hydrogen-bond acceptors (Lipinski definition) is 3. The van der Waals surface area contributed by atoms with Crippen LogP contribution in [-0.4, -0.2) is 26.1 Å². The van der Waals surface area contributed by atoms with Gasteiger partial charge in [-0.15, -0.1) is 12.4 Å². The summed E-state index contributed by atoms with van der Waals surface area (Å²) in [5, 5.41) is 7.02. The monoisotopic (exact) mass is 394 g/mol. The van der Waals surface area contributed by atoms with Crippen molar-refractivity contribution >= 4 is 29.9 Å². The lowest BCUT2D eigenvalue weighted by Gasteiger charge is -2.33. The van der Waals surface area contributed by atoms with Crippen molar-refractivity contribution in [2.45, 2.75) is 13.0 Å². The summed E-state index contributed by atoms with van der Waals surface area (Å²) in [6, 6.07) is 14.9. The first kappa shape index (κ1) is 20.6. The summed E-state index contributed by atoms with van der Waals surface area (Å²) in [5.41, 5.74) is 1.76. The van der Waals surface area contributed by atoms with Crippen molar-refractivity contribution in [1.29, 1.82) is 0 Å². The number of carbonyl (C=O) groups excluding carboxylic acids is 1. The molecule has 0 spiro atoms. The molecule has 1 amide bonds. The fraction of sp³-hybridized carbons (Fsp3) is 0.350. The first-order valence-electron chi connectivity index (χ1n) is 8.50. The van der Waals surface area contributed by atoms with Crippen LogP contribution in [0.15, 0.2) is 48.5 Å². The summed E-state index contributed by atoms with van der Waals surface area (Å²) in [4.78, 5) is 12.8. The minimum atomic E-state index is -0.354. The summed E-state index contributed by atoms with van der Waals surface area (Å²) < 4.78 is 5.51. The number of methoxy groups -OCH3 is 1. The van der Waals surface area contributed by atoms with E-state index in [-0.39, 0.29) is 30.3 Å². The predicted molar refractivity (Wildman–Crippen MR) is 107 cm³/mol. The Morgan fingerprint density at radius 1 is 1.15 bits per heavy atom. The first-order chi connectivity index (χ1) is 12.1. The third kappa shape index (κ3) is 4.32. The maximum Gasteiger partial charge on any atom is 0.223 e. The van der Waals surface area contributed by atoms with Crippen molar-refractivity contribution in [3.05, 3.63) is 64.7 Å². The molecule has 2 aromatic rings. The van der Waals surface area contributed by atoms with Crippen molar-refractivity contribution in [2.24, 2.45) is 11.8 Å². The van der Waals surface area contributed by atoms with Gasteiger partial charge in [0.1, 0.15) is 5.75 Å². The van der Waals surface area contributed by atoms with E-state index in [9.17, 15) is 4.79 Å². The molecule has 140 valence electrons. The molecule has 2 atom stereocenters. The smallest absolute Gasteiger partial charge is 0.223 e. The van der Waals surface area contributed by atoms with Crippen LogP contribution < -0.4 is 15.4 Å². The summed E-state index contributed by atoms with van der Waals surface area (Å²) in [5.74, 6) is 1.08. The number of para-hydroxylation sites is 1. The third-order valence-corrected chi connectivity index (χ3v) is 5.23. The van der Waals surface area contributed by atoms with Gasteiger partial charge in [-0.2, -0.15) is 0 Å². The number of nitrogens with one attached hydrogen (secondary N) is 2. The Bertz CT molecular complexity index is 750. The fourth-order valence-corrected chi connectivity index (χ4v) is 3.33. The Hall–Kier alpha value is -1.75. The highest BCUT2D eigenvalue weighted by molar-refractivity contribution is 6.31. The van der Waals surface area contributed by atoms with E-state index in [2.05, 4.69) is 10.6 Å². The Balaban J connectivity index is 0.00000243. The zero-order valence-corrected chi connectivity index (χ0v) is 16.4. The van der Waals surface area contributed by atoms with E-state index >= 15 is 0 Å². The number of halogens is 2. The molecule has 1 saturated heterocycles. The van der Waals surface area contributed by atoms with Gasteiger partial charge in [-0.25, -0.2) is 0 Å². The molecule has 1 heterocycles. The largest absolute Gasteiger partial charge is 0.496 e. The molecule has 1 aliphatic rings. The predicted octanol–water partition coefficient (Wildman–Crippen LogP) is 3.83. The van der Waals surface area contributed by atoms with Crippen LogP contribution in [0.4, 0.5) is 0 Å². The number of ether oxygens (including phenoxy) is 1. The van der Waals surface area contributed by atoms with E-state index in [0.29, 0.717) is 10.9 Å². The summed E-state index contributed by atoms with van der Waals surface area (Å²) in [7, 11) is 1.63. The molecule has 0 aliphatic carbocycles.